The number of aryl methyl sites for hydroxylation is 2. The smallest absolute Gasteiger partial charge is 0.180 e. The van der Waals surface area contributed by atoms with Gasteiger partial charge >= 0.3 is 0 Å². The third-order valence-corrected chi connectivity index (χ3v) is 4.00. The molecule has 6 nitrogen and oxygen atoms in total. The zero-order valence-corrected chi connectivity index (χ0v) is 13.9. The molecule has 0 unspecified atom stereocenters. The third kappa shape index (κ3) is 2.71. The molecule has 0 bridgehead atoms. The van der Waals surface area contributed by atoms with Gasteiger partial charge in [-0.1, -0.05) is 6.92 Å². The van der Waals surface area contributed by atoms with Crippen LogP contribution in [0.2, 0.25) is 0 Å². The first-order chi connectivity index (χ1) is 11.5. The fraction of sp³-hybridized carbons (Fsp3) is 0.278. The summed E-state index contributed by atoms with van der Waals surface area (Å²) < 4.78 is 1.60. The fourth-order valence-electron chi connectivity index (χ4n) is 2.85. The molecule has 0 fully saturated rings. The highest BCUT2D eigenvalue weighted by Crippen LogP contribution is 2.30. The number of carbonyl (C=O) groups excluding carboxylic acids is 2. The van der Waals surface area contributed by atoms with Crippen LogP contribution in [0.5, 0.6) is 0 Å². The fourth-order valence-corrected chi connectivity index (χ4v) is 2.85. The number of nitrogens with zero attached hydrogens (tertiary/aromatic N) is 4. The number of Topliss-reactive ketones (excluding diaryl/α,β-unsaturated/α-hetero) is 1. The second-order valence-electron chi connectivity index (χ2n) is 5.66. The Morgan fingerprint density at radius 1 is 1.21 bits per heavy atom. The number of fused-ring (bicyclic) bond motifs is 1. The van der Waals surface area contributed by atoms with Crippen LogP contribution in [-0.4, -0.2) is 31.8 Å². The first-order valence-electron chi connectivity index (χ1n) is 7.82. The Hall–Kier alpha value is -2.89. The van der Waals surface area contributed by atoms with Gasteiger partial charge in [0, 0.05) is 30.3 Å². The molecular formula is C18H18N4O2. The Balaban J connectivity index is 2.31. The van der Waals surface area contributed by atoms with E-state index >= 15 is 0 Å². The lowest BCUT2D eigenvalue weighted by Gasteiger charge is -2.08. The summed E-state index contributed by atoms with van der Waals surface area (Å²) in [5.74, 6) is 0.586. The number of aldehydes is 1. The largest absolute Gasteiger partial charge is 0.301 e. The molecule has 2 heterocycles. The minimum Gasteiger partial charge on any atom is -0.301 e. The van der Waals surface area contributed by atoms with E-state index in [0.717, 1.165) is 40.3 Å². The molecular weight excluding hydrogens is 304 g/mol. The Labute approximate surface area is 139 Å². The predicted octanol–water partition coefficient (Wildman–Crippen LogP) is 2.77. The molecule has 0 spiro atoms. The second kappa shape index (κ2) is 6.31. The van der Waals surface area contributed by atoms with Gasteiger partial charge < -0.3 is 4.79 Å². The lowest BCUT2D eigenvalue weighted by molar-refractivity contribution is -0.108. The summed E-state index contributed by atoms with van der Waals surface area (Å²) in [5.41, 5.74) is 4.08. The van der Waals surface area contributed by atoms with E-state index in [9.17, 15) is 9.59 Å². The minimum absolute atomic E-state index is 0.121. The highest BCUT2D eigenvalue weighted by Gasteiger charge is 2.18. The number of hydrogen-bond donors (Lipinski definition) is 0. The van der Waals surface area contributed by atoms with Crippen molar-refractivity contribution in [3.8, 4) is 11.1 Å². The molecule has 0 aliphatic rings. The average Bonchev–Trinajstić information content (AvgIpc) is 2.94. The van der Waals surface area contributed by atoms with Crippen molar-refractivity contribution in [1.29, 1.82) is 0 Å². The Morgan fingerprint density at radius 3 is 2.50 bits per heavy atom. The zero-order valence-electron chi connectivity index (χ0n) is 13.9. The summed E-state index contributed by atoms with van der Waals surface area (Å²) in [7, 11) is 0. The second-order valence-corrected chi connectivity index (χ2v) is 5.66. The van der Waals surface area contributed by atoms with E-state index in [1.165, 1.54) is 6.92 Å². The molecule has 2 aromatic heterocycles. The first kappa shape index (κ1) is 16.0. The van der Waals surface area contributed by atoms with Gasteiger partial charge in [0.05, 0.1) is 12.1 Å². The van der Waals surface area contributed by atoms with Gasteiger partial charge in [-0.3, -0.25) is 9.48 Å². The van der Waals surface area contributed by atoms with Crippen LogP contribution in [0.25, 0.3) is 22.0 Å². The van der Waals surface area contributed by atoms with Crippen LogP contribution >= 0.6 is 0 Å². The van der Waals surface area contributed by atoms with Gasteiger partial charge in [-0.15, -0.1) is 0 Å². The van der Waals surface area contributed by atoms with Gasteiger partial charge in [-0.2, -0.15) is 5.10 Å². The van der Waals surface area contributed by atoms with Crippen LogP contribution in [0.1, 0.15) is 35.7 Å². The quantitative estimate of drug-likeness (QED) is 0.533. The van der Waals surface area contributed by atoms with Crippen LogP contribution in [-0.2, 0) is 17.8 Å². The molecule has 3 aromatic rings. The number of carbonyl (C=O) groups is 2. The number of aromatic nitrogens is 4. The molecule has 6 heteroatoms. The normalized spacial score (nSPS) is 11.0. The molecule has 122 valence electrons. The van der Waals surface area contributed by atoms with E-state index in [0.29, 0.717) is 11.5 Å². The number of benzene rings is 1. The van der Waals surface area contributed by atoms with Gasteiger partial charge in [0.15, 0.2) is 5.78 Å². The van der Waals surface area contributed by atoms with Gasteiger partial charge in [0.25, 0.3) is 0 Å². The maximum absolute atomic E-state index is 12.0. The van der Waals surface area contributed by atoms with Gasteiger partial charge in [0.2, 0.25) is 0 Å². The summed E-state index contributed by atoms with van der Waals surface area (Å²) in [6, 6.07) is 3.97. The number of hydrogen-bond acceptors (Lipinski definition) is 5. The molecule has 0 atom stereocenters. The first-order valence-corrected chi connectivity index (χ1v) is 7.82. The van der Waals surface area contributed by atoms with Crippen molar-refractivity contribution in [3.05, 3.63) is 41.6 Å². The van der Waals surface area contributed by atoms with Crippen LogP contribution < -0.4 is 0 Å². The standard InChI is InChI=1S/C18H18N4O2/c1-4-13-7-14(15-9-19-12(3)20-10-15)8-16-17(11(2)24)21-22(5-6-23)18(13)16/h6-10H,4-5H2,1-3H3. The maximum Gasteiger partial charge on any atom is 0.180 e. The highest BCUT2D eigenvalue weighted by molar-refractivity contribution is 6.06. The Bertz CT molecular complexity index is 926. The van der Waals surface area contributed by atoms with E-state index in [2.05, 4.69) is 15.1 Å². The van der Waals surface area contributed by atoms with E-state index < -0.39 is 0 Å². The monoisotopic (exact) mass is 322 g/mol. The van der Waals surface area contributed by atoms with E-state index in [1.807, 2.05) is 26.0 Å². The molecule has 0 radical (unpaired) electrons. The lowest BCUT2D eigenvalue weighted by atomic mass is 9.99. The van der Waals surface area contributed by atoms with Crippen LogP contribution in [0.3, 0.4) is 0 Å². The lowest BCUT2D eigenvalue weighted by Crippen LogP contribution is -2.04. The van der Waals surface area contributed by atoms with Gasteiger partial charge in [-0.05, 0) is 36.6 Å². The minimum atomic E-state index is -0.121. The molecule has 0 N–H and O–H groups in total. The average molecular weight is 322 g/mol. The molecule has 24 heavy (non-hydrogen) atoms. The summed E-state index contributed by atoms with van der Waals surface area (Å²) >= 11 is 0. The summed E-state index contributed by atoms with van der Waals surface area (Å²) in [5, 5.41) is 5.10. The summed E-state index contributed by atoms with van der Waals surface area (Å²) in [6.07, 6.45) is 5.09. The van der Waals surface area contributed by atoms with E-state index in [4.69, 9.17) is 0 Å². The molecule has 0 saturated carbocycles. The SMILES string of the molecule is CCc1cc(-c2cnc(C)nc2)cc2c(C(C)=O)nn(CC=O)c12. The summed E-state index contributed by atoms with van der Waals surface area (Å²) in [4.78, 5) is 31.4. The Morgan fingerprint density at radius 2 is 1.92 bits per heavy atom. The van der Waals surface area contributed by atoms with Crippen molar-refractivity contribution in [1.82, 2.24) is 19.7 Å². The number of rotatable bonds is 5. The van der Waals surface area contributed by atoms with Crippen molar-refractivity contribution in [2.45, 2.75) is 33.7 Å². The van der Waals surface area contributed by atoms with E-state index in [-0.39, 0.29) is 12.3 Å². The molecule has 0 aliphatic heterocycles. The highest BCUT2D eigenvalue weighted by atomic mass is 16.1. The van der Waals surface area contributed by atoms with Gasteiger partial charge in [-0.25, -0.2) is 9.97 Å². The number of ketones is 1. The molecule has 0 saturated heterocycles. The zero-order chi connectivity index (χ0) is 17.3. The third-order valence-electron chi connectivity index (χ3n) is 4.00. The van der Waals surface area contributed by atoms with Crippen molar-refractivity contribution in [2.75, 3.05) is 0 Å². The van der Waals surface area contributed by atoms with Crippen molar-refractivity contribution < 1.29 is 9.59 Å². The van der Waals surface area contributed by atoms with Crippen LogP contribution in [0, 0.1) is 6.92 Å². The molecule has 0 amide bonds. The van der Waals surface area contributed by atoms with Gasteiger partial charge in [0.1, 0.15) is 17.8 Å². The molecule has 0 aliphatic carbocycles. The topological polar surface area (TPSA) is 77.7 Å². The molecule has 1 aromatic carbocycles. The van der Waals surface area contributed by atoms with Crippen molar-refractivity contribution in [3.63, 3.8) is 0 Å². The predicted molar refractivity (Wildman–Crippen MR) is 90.9 cm³/mol. The maximum atomic E-state index is 12.0. The van der Waals surface area contributed by atoms with Crippen molar-refractivity contribution in [2.24, 2.45) is 0 Å². The van der Waals surface area contributed by atoms with Crippen LogP contribution in [0.4, 0.5) is 0 Å². The Kier molecular flexibility index (Phi) is 4.20. The van der Waals surface area contributed by atoms with Crippen molar-refractivity contribution >= 4 is 23.0 Å². The van der Waals surface area contributed by atoms with Crippen LogP contribution in [0.15, 0.2) is 24.5 Å². The summed E-state index contributed by atoms with van der Waals surface area (Å²) in [6.45, 7) is 5.49. The van der Waals surface area contributed by atoms with E-state index in [1.54, 1.807) is 17.1 Å². The molecule has 3 rings (SSSR count).